The molecule has 2 N–H and O–H groups in total. The molecule has 0 amide bonds. The van der Waals surface area contributed by atoms with Crippen LogP contribution in [0.25, 0.3) is 0 Å². The number of ether oxygens (including phenoxy) is 1. The van der Waals surface area contributed by atoms with Crippen LogP contribution in [0.15, 0.2) is 23.1 Å². The zero-order valence-corrected chi connectivity index (χ0v) is 13.4. The fraction of sp³-hybridized carbons (Fsp3) is 0.571. The van der Waals surface area contributed by atoms with E-state index in [1.54, 1.807) is 18.2 Å². The van der Waals surface area contributed by atoms with Gasteiger partial charge in [-0.05, 0) is 24.2 Å². The molecule has 0 saturated carbocycles. The highest BCUT2D eigenvalue weighted by Gasteiger charge is 2.30. The predicted molar refractivity (Wildman–Crippen MR) is 81.8 cm³/mol. The van der Waals surface area contributed by atoms with Gasteiger partial charge in [-0.2, -0.15) is 4.31 Å². The van der Waals surface area contributed by atoms with Gasteiger partial charge in [-0.25, -0.2) is 8.42 Å². The third-order valence-electron chi connectivity index (χ3n) is 3.86. The van der Waals surface area contributed by atoms with Crippen LogP contribution in [0, 0.1) is 0 Å². The lowest BCUT2D eigenvalue weighted by Crippen LogP contribution is -2.48. The summed E-state index contributed by atoms with van der Waals surface area (Å²) in [5.41, 5.74) is 6.39. The Bertz CT molecular complexity index is 581. The molecular formula is C14H23N3O3S. The fourth-order valence-corrected chi connectivity index (χ4v) is 4.10. The Morgan fingerprint density at radius 1 is 1.24 bits per heavy atom. The van der Waals surface area contributed by atoms with Crippen molar-refractivity contribution in [3.05, 3.63) is 23.8 Å². The van der Waals surface area contributed by atoms with Crippen molar-refractivity contribution >= 4 is 10.0 Å². The normalized spacial score (nSPS) is 17.9. The molecule has 0 unspecified atom stereocenters. The SMILES string of the molecule is CCN1CCN(S(=O)(=O)c2cc(CN)ccc2OC)CC1. The van der Waals surface area contributed by atoms with E-state index in [1.807, 2.05) is 0 Å². The average Bonchev–Trinajstić information content (AvgIpc) is 2.54. The minimum atomic E-state index is -3.54. The minimum Gasteiger partial charge on any atom is -0.495 e. The quantitative estimate of drug-likeness (QED) is 0.856. The molecule has 118 valence electrons. The lowest BCUT2D eigenvalue weighted by Gasteiger charge is -2.33. The Morgan fingerprint density at radius 2 is 1.90 bits per heavy atom. The van der Waals surface area contributed by atoms with Gasteiger partial charge in [0.2, 0.25) is 10.0 Å². The molecular weight excluding hydrogens is 290 g/mol. The molecule has 1 aliphatic heterocycles. The molecule has 0 aromatic heterocycles. The van der Waals surface area contributed by atoms with E-state index in [2.05, 4.69) is 11.8 Å². The first-order chi connectivity index (χ1) is 10.0. The van der Waals surface area contributed by atoms with E-state index < -0.39 is 10.0 Å². The van der Waals surface area contributed by atoms with E-state index in [1.165, 1.54) is 11.4 Å². The van der Waals surface area contributed by atoms with Crippen molar-refractivity contribution < 1.29 is 13.2 Å². The molecule has 0 radical (unpaired) electrons. The molecule has 1 aromatic rings. The third-order valence-corrected chi connectivity index (χ3v) is 5.78. The summed E-state index contributed by atoms with van der Waals surface area (Å²) in [7, 11) is -2.07. The summed E-state index contributed by atoms with van der Waals surface area (Å²) < 4.78 is 32.4. The molecule has 0 bridgehead atoms. The summed E-state index contributed by atoms with van der Waals surface area (Å²) in [5, 5.41) is 0. The van der Waals surface area contributed by atoms with Gasteiger partial charge in [0.1, 0.15) is 10.6 Å². The molecule has 0 spiro atoms. The summed E-state index contributed by atoms with van der Waals surface area (Å²) >= 11 is 0. The molecule has 1 fully saturated rings. The van der Waals surface area contributed by atoms with Gasteiger partial charge in [0, 0.05) is 32.7 Å². The van der Waals surface area contributed by atoms with Gasteiger partial charge in [-0.1, -0.05) is 13.0 Å². The van der Waals surface area contributed by atoms with Crippen LogP contribution < -0.4 is 10.5 Å². The highest BCUT2D eigenvalue weighted by molar-refractivity contribution is 7.89. The number of nitrogens with two attached hydrogens (primary N) is 1. The number of benzene rings is 1. The van der Waals surface area contributed by atoms with Gasteiger partial charge in [-0.3, -0.25) is 0 Å². The second kappa shape index (κ2) is 6.74. The summed E-state index contributed by atoms with van der Waals surface area (Å²) in [5.74, 6) is 0.366. The van der Waals surface area contributed by atoms with Crippen LogP contribution in [0.4, 0.5) is 0 Å². The van der Waals surface area contributed by atoms with Crippen molar-refractivity contribution in [1.29, 1.82) is 0 Å². The van der Waals surface area contributed by atoms with Crippen LogP contribution in [0.5, 0.6) is 5.75 Å². The fourth-order valence-electron chi connectivity index (χ4n) is 2.47. The van der Waals surface area contributed by atoms with E-state index in [9.17, 15) is 8.42 Å². The molecule has 2 rings (SSSR count). The van der Waals surface area contributed by atoms with Crippen LogP contribution in [0.1, 0.15) is 12.5 Å². The highest BCUT2D eigenvalue weighted by Crippen LogP contribution is 2.28. The third kappa shape index (κ3) is 3.37. The number of nitrogens with zero attached hydrogens (tertiary/aromatic N) is 2. The smallest absolute Gasteiger partial charge is 0.246 e. The summed E-state index contributed by atoms with van der Waals surface area (Å²) in [6.45, 7) is 5.86. The van der Waals surface area contributed by atoms with Crippen molar-refractivity contribution in [3.63, 3.8) is 0 Å². The number of hydrogen-bond acceptors (Lipinski definition) is 5. The molecule has 1 saturated heterocycles. The van der Waals surface area contributed by atoms with Gasteiger partial charge >= 0.3 is 0 Å². The maximum absolute atomic E-state index is 12.8. The van der Waals surface area contributed by atoms with Gasteiger partial charge < -0.3 is 15.4 Å². The Balaban J connectivity index is 2.31. The molecule has 1 heterocycles. The minimum absolute atomic E-state index is 0.206. The molecule has 1 aliphatic rings. The van der Waals surface area contributed by atoms with Crippen molar-refractivity contribution in [3.8, 4) is 5.75 Å². The number of likely N-dealkylation sites (N-methyl/N-ethyl adjacent to an activating group) is 1. The van der Waals surface area contributed by atoms with Crippen LogP contribution in [-0.4, -0.2) is 57.5 Å². The van der Waals surface area contributed by atoms with Crippen molar-refractivity contribution in [2.45, 2.75) is 18.4 Å². The Labute approximate surface area is 126 Å². The zero-order valence-electron chi connectivity index (χ0n) is 12.6. The standard InChI is InChI=1S/C14H23N3O3S/c1-3-16-6-8-17(9-7-16)21(18,19)14-10-12(11-15)4-5-13(14)20-2/h4-5,10H,3,6-9,11,15H2,1-2H3. The predicted octanol–water partition coefficient (Wildman–Crippen LogP) is 0.480. The maximum Gasteiger partial charge on any atom is 0.246 e. The Kier molecular flexibility index (Phi) is 5.21. The monoisotopic (exact) mass is 313 g/mol. The van der Waals surface area contributed by atoms with E-state index in [0.717, 1.165) is 25.2 Å². The van der Waals surface area contributed by atoms with Gasteiger partial charge in [0.25, 0.3) is 0 Å². The molecule has 1 aromatic carbocycles. The number of methoxy groups -OCH3 is 1. The lowest BCUT2D eigenvalue weighted by atomic mass is 10.2. The van der Waals surface area contributed by atoms with Crippen LogP contribution in [0.2, 0.25) is 0 Å². The summed E-state index contributed by atoms with van der Waals surface area (Å²) in [4.78, 5) is 2.44. The lowest BCUT2D eigenvalue weighted by molar-refractivity contribution is 0.196. The maximum atomic E-state index is 12.8. The number of hydrogen-bond donors (Lipinski definition) is 1. The highest BCUT2D eigenvalue weighted by atomic mass is 32.2. The molecule has 21 heavy (non-hydrogen) atoms. The van der Waals surface area contributed by atoms with Crippen LogP contribution in [-0.2, 0) is 16.6 Å². The summed E-state index contributed by atoms with van der Waals surface area (Å²) in [6, 6.07) is 5.06. The van der Waals surface area contributed by atoms with Gasteiger partial charge in [-0.15, -0.1) is 0 Å². The molecule has 0 aliphatic carbocycles. The van der Waals surface area contributed by atoms with Crippen molar-refractivity contribution in [1.82, 2.24) is 9.21 Å². The second-order valence-corrected chi connectivity index (χ2v) is 6.93. The molecule has 0 atom stereocenters. The van der Waals surface area contributed by atoms with Crippen molar-refractivity contribution in [2.24, 2.45) is 5.73 Å². The topological polar surface area (TPSA) is 75.9 Å². The second-order valence-electron chi connectivity index (χ2n) is 5.03. The van der Waals surface area contributed by atoms with E-state index in [0.29, 0.717) is 25.4 Å². The van der Waals surface area contributed by atoms with Crippen molar-refractivity contribution in [2.75, 3.05) is 39.8 Å². The average molecular weight is 313 g/mol. The first-order valence-electron chi connectivity index (χ1n) is 7.12. The zero-order chi connectivity index (χ0) is 15.5. The first-order valence-corrected chi connectivity index (χ1v) is 8.56. The van der Waals surface area contributed by atoms with E-state index >= 15 is 0 Å². The van der Waals surface area contributed by atoms with Gasteiger partial charge in [0.15, 0.2) is 0 Å². The Hall–Kier alpha value is -1.15. The van der Waals surface area contributed by atoms with Crippen LogP contribution >= 0.6 is 0 Å². The molecule has 6 nitrogen and oxygen atoms in total. The molecule has 7 heteroatoms. The number of sulfonamides is 1. The first kappa shape index (κ1) is 16.2. The van der Waals surface area contributed by atoms with E-state index in [4.69, 9.17) is 10.5 Å². The Morgan fingerprint density at radius 3 is 2.43 bits per heavy atom. The largest absolute Gasteiger partial charge is 0.495 e. The number of piperazine rings is 1. The van der Waals surface area contributed by atoms with Crippen LogP contribution in [0.3, 0.4) is 0 Å². The van der Waals surface area contributed by atoms with Gasteiger partial charge in [0.05, 0.1) is 7.11 Å². The van der Waals surface area contributed by atoms with E-state index in [-0.39, 0.29) is 4.90 Å². The summed E-state index contributed by atoms with van der Waals surface area (Å²) in [6.07, 6.45) is 0. The number of rotatable bonds is 5.